The molecule has 0 aromatic carbocycles. The van der Waals surface area contributed by atoms with Crippen molar-refractivity contribution in [1.29, 1.82) is 0 Å². The molecule has 17 heavy (non-hydrogen) atoms. The molecule has 0 spiro atoms. The fourth-order valence-electron chi connectivity index (χ4n) is 1.88. The molecule has 1 heterocycles. The van der Waals surface area contributed by atoms with E-state index in [1.165, 1.54) is 0 Å². The maximum atomic E-state index is 9.43. The standard InChI is InChI=1S/C12H16BrN3O/c1-16(12-4-2-3-11(13)14-12)15-9-5-7-10(17)8-6-9/h2-4,10,17H,5-8H2,1H3. The summed E-state index contributed by atoms with van der Waals surface area (Å²) < 4.78 is 0.807. The van der Waals surface area contributed by atoms with E-state index in [9.17, 15) is 5.11 Å². The van der Waals surface area contributed by atoms with E-state index in [0.717, 1.165) is 41.8 Å². The largest absolute Gasteiger partial charge is 0.393 e. The fraction of sp³-hybridized carbons (Fsp3) is 0.500. The predicted molar refractivity (Wildman–Crippen MR) is 72.2 cm³/mol. The molecule has 0 saturated heterocycles. The summed E-state index contributed by atoms with van der Waals surface area (Å²) in [6, 6.07) is 5.75. The molecule has 0 atom stereocenters. The molecule has 5 heteroatoms. The lowest BCUT2D eigenvalue weighted by atomic mass is 9.96. The van der Waals surface area contributed by atoms with E-state index in [0.29, 0.717) is 0 Å². The van der Waals surface area contributed by atoms with Gasteiger partial charge in [-0.1, -0.05) is 6.07 Å². The highest BCUT2D eigenvalue weighted by Crippen LogP contribution is 2.18. The molecule has 1 fully saturated rings. The lowest BCUT2D eigenvalue weighted by molar-refractivity contribution is 0.152. The van der Waals surface area contributed by atoms with Gasteiger partial charge < -0.3 is 5.11 Å². The van der Waals surface area contributed by atoms with Gasteiger partial charge in [0.1, 0.15) is 10.4 Å². The van der Waals surface area contributed by atoms with Crippen LogP contribution < -0.4 is 5.01 Å². The highest BCUT2D eigenvalue weighted by atomic mass is 79.9. The van der Waals surface area contributed by atoms with Crippen molar-refractivity contribution in [2.45, 2.75) is 31.8 Å². The van der Waals surface area contributed by atoms with Crippen LogP contribution in [0.3, 0.4) is 0 Å². The molecule has 1 N–H and O–H groups in total. The molecule has 1 saturated carbocycles. The van der Waals surface area contributed by atoms with Crippen LogP contribution in [0.4, 0.5) is 5.82 Å². The molecule has 0 amide bonds. The van der Waals surface area contributed by atoms with Crippen molar-refractivity contribution in [2.24, 2.45) is 5.10 Å². The van der Waals surface area contributed by atoms with Crippen molar-refractivity contribution in [3.05, 3.63) is 22.8 Å². The second-order valence-corrected chi connectivity index (χ2v) is 5.05. The van der Waals surface area contributed by atoms with Crippen LogP contribution in [-0.4, -0.2) is 29.0 Å². The van der Waals surface area contributed by atoms with Crippen molar-refractivity contribution in [1.82, 2.24) is 4.98 Å². The number of hydrogen-bond acceptors (Lipinski definition) is 4. The summed E-state index contributed by atoms with van der Waals surface area (Å²) in [6.07, 6.45) is 3.24. The minimum Gasteiger partial charge on any atom is -0.393 e. The minimum atomic E-state index is -0.150. The highest BCUT2D eigenvalue weighted by Gasteiger charge is 2.15. The maximum absolute atomic E-state index is 9.43. The van der Waals surface area contributed by atoms with E-state index < -0.39 is 0 Å². The summed E-state index contributed by atoms with van der Waals surface area (Å²) >= 11 is 3.34. The topological polar surface area (TPSA) is 48.7 Å². The summed E-state index contributed by atoms with van der Waals surface area (Å²) in [4.78, 5) is 4.34. The molecule has 0 aliphatic heterocycles. The number of aliphatic hydroxyl groups is 1. The van der Waals surface area contributed by atoms with Crippen molar-refractivity contribution in [3.8, 4) is 0 Å². The molecule has 0 unspecified atom stereocenters. The summed E-state index contributed by atoms with van der Waals surface area (Å²) in [5, 5.41) is 15.8. The second kappa shape index (κ2) is 5.60. The third-order valence-corrected chi connectivity index (χ3v) is 3.30. The molecule has 1 aromatic rings. The zero-order valence-electron chi connectivity index (χ0n) is 9.80. The van der Waals surface area contributed by atoms with Gasteiger partial charge in [0.15, 0.2) is 0 Å². The smallest absolute Gasteiger partial charge is 0.149 e. The van der Waals surface area contributed by atoms with Gasteiger partial charge in [-0.15, -0.1) is 0 Å². The van der Waals surface area contributed by atoms with Gasteiger partial charge in [-0.05, 0) is 53.7 Å². The Bertz CT molecular complexity index is 412. The van der Waals surface area contributed by atoms with Crippen LogP contribution in [0.1, 0.15) is 25.7 Å². The predicted octanol–water partition coefficient (Wildman–Crippen LogP) is 2.57. The number of pyridine rings is 1. The van der Waals surface area contributed by atoms with Gasteiger partial charge in [-0.2, -0.15) is 5.10 Å². The first kappa shape index (κ1) is 12.5. The Morgan fingerprint density at radius 1 is 1.41 bits per heavy atom. The van der Waals surface area contributed by atoms with E-state index >= 15 is 0 Å². The van der Waals surface area contributed by atoms with Crippen molar-refractivity contribution >= 4 is 27.5 Å². The van der Waals surface area contributed by atoms with Crippen molar-refractivity contribution in [2.75, 3.05) is 12.1 Å². The van der Waals surface area contributed by atoms with E-state index in [2.05, 4.69) is 26.0 Å². The monoisotopic (exact) mass is 297 g/mol. The Morgan fingerprint density at radius 2 is 2.12 bits per heavy atom. The molecular weight excluding hydrogens is 282 g/mol. The Labute approximate surface area is 109 Å². The average molecular weight is 298 g/mol. The van der Waals surface area contributed by atoms with Gasteiger partial charge in [0, 0.05) is 12.8 Å². The number of hydrazone groups is 1. The highest BCUT2D eigenvalue weighted by molar-refractivity contribution is 9.10. The van der Waals surface area contributed by atoms with Crippen LogP contribution in [0, 0.1) is 0 Å². The van der Waals surface area contributed by atoms with Gasteiger partial charge in [0.25, 0.3) is 0 Å². The number of hydrogen-bond donors (Lipinski definition) is 1. The van der Waals surface area contributed by atoms with E-state index in [1.54, 1.807) is 5.01 Å². The number of rotatable bonds is 2. The summed E-state index contributed by atoms with van der Waals surface area (Å²) in [5.74, 6) is 0.818. The van der Waals surface area contributed by atoms with Crippen LogP contribution in [0.2, 0.25) is 0 Å². The molecular formula is C12H16BrN3O. The second-order valence-electron chi connectivity index (χ2n) is 4.24. The first-order chi connectivity index (χ1) is 8.15. The van der Waals surface area contributed by atoms with E-state index in [4.69, 9.17) is 0 Å². The Kier molecular flexibility index (Phi) is 4.12. The molecule has 2 rings (SSSR count). The normalized spacial score (nSPS) is 20.2. The first-order valence-electron chi connectivity index (χ1n) is 5.76. The van der Waals surface area contributed by atoms with Crippen LogP contribution in [0.5, 0.6) is 0 Å². The van der Waals surface area contributed by atoms with Crippen LogP contribution >= 0.6 is 15.9 Å². The van der Waals surface area contributed by atoms with Crippen molar-refractivity contribution < 1.29 is 5.11 Å². The van der Waals surface area contributed by atoms with Gasteiger partial charge in [0.2, 0.25) is 0 Å². The number of anilines is 1. The number of nitrogens with zero attached hydrogens (tertiary/aromatic N) is 3. The number of aliphatic hydroxyl groups excluding tert-OH is 1. The maximum Gasteiger partial charge on any atom is 0.149 e. The third kappa shape index (κ3) is 3.51. The van der Waals surface area contributed by atoms with E-state index in [1.807, 2.05) is 25.2 Å². The molecule has 1 aliphatic rings. The zero-order chi connectivity index (χ0) is 12.3. The lowest BCUT2D eigenvalue weighted by Crippen LogP contribution is -2.21. The average Bonchev–Trinajstić information content (AvgIpc) is 2.32. The number of aromatic nitrogens is 1. The Balaban J connectivity index is 2.05. The summed E-state index contributed by atoms with van der Waals surface area (Å²) in [5.41, 5.74) is 1.14. The molecule has 92 valence electrons. The molecule has 0 bridgehead atoms. The lowest BCUT2D eigenvalue weighted by Gasteiger charge is -2.20. The zero-order valence-corrected chi connectivity index (χ0v) is 11.4. The van der Waals surface area contributed by atoms with Crippen LogP contribution in [-0.2, 0) is 0 Å². The van der Waals surface area contributed by atoms with Gasteiger partial charge in [-0.3, -0.25) is 5.01 Å². The van der Waals surface area contributed by atoms with Crippen molar-refractivity contribution in [3.63, 3.8) is 0 Å². The van der Waals surface area contributed by atoms with E-state index in [-0.39, 0.29) is 6.10 Å². The third-order valence-electron chi connectivity index (χ3n) is 2.86. The minimum absolute atomic E-state index is 0.150. The quantitative estimate of drug-likeness (QED) is 0.674. The van der Waals surface area contributed by atoms with Gasteiger partial charge in [-0.25, -0.2) is 4.98 Å². The van der Waals surface area contributed by atoms with Crippen LogP contribution in [0.25, 0.3) is 0 Å². The Morgan fingerprint density at radius 3 is 2.76 bits per heavy atom. The summed E-state index contributed by atoms with van der Waals surface area (Å²) in [7, 11) is 1.90. The van der Waals surface area contributed by atoms with Gasteiger partial charge in [0.05, 0.1) is 6.10 Å². The van der Waals surface area contributed by atoms with Gasteiger partial charge >= 0.3 is 0 Å². The molecule has 0 radical (unpaired) electrons. The fourth-order valence-corrected chi connectivity index (χ4v) is 2.21. The number of halogens is 1. The molecule has 1 aromatic heterocycles. The first-order valence-corrected chi connectivity index (χ1v) is 6.55. The molecule has 4 nitrogen and oxygen atoms in total. The molecule has 1 aliphatic carbocycles. The Hall–Kier alpha value is -0.940. The van der Waals surface area contributed by atoms with Crippen LogP contribution in [0.15, 0.2) is 27.9 Å². The SMILES string of the molecule is CN(N=C1CCC(O)CC1)c1cccc(Br)n1. The summed E-state index contributed by atoms with van der Waals surface area (Å²) in [6.45, 7) is 0.